The zero-order valence-electron chi connectivity index (χ0n) is 18.4. The third-order valence-electron chi connectivity index (χ3n) is 5.41. The molecule has 35 heavy (non-hydrogen) atoms. The highest BCUT2D eigenvalue weighted by atomic mass is 35.5. The van der Waals surface area contributed by atoms with E-state index >= 15 is 0 Å². The van der Waals surface area contributed by atoms with E-state index in [1.54, 1.807) is 41.0 Å². The largest absolute Gasteiger partial charge is 0.316 e. The molecule has 11 heteroatoms. The number of halogens is 1. The molecule has 0 saturated heterocycles. The highest BCUT2D eigenvalue weighted by Crippen LogP contribution is 2.32. The maximum Gasteiger partial charge on any atom is 0.238 e. The van der Waals surface area contributed by atoms with Crippen LogP contribution in [-0.4, -0.2) is 38.9 Å². The van der Waals surface area contributed by atoms with E-state index < -0.39 is 19.9 Å². The van der Waals surface area contributed by atoms with Gasteiger partial charge in [-0.05, 0) is 23.3 Å². The van der Waals surface area contributed by atoms with Crippen LogP contribution >= 0.6 is 11.6 Å². The maximum absolute atomic E-state index is 12.8. The molecule has 4 aromatic rings. The van der Waals surface area contributed by atoms with E-state index in [1.165, 1.54) is 18.2 Å². The van der Waals surface area contributed by atoms with Gasteiger partial charge in [0.15, 0.2) is 21.3 Å². The van der Waals surface area contributed by atoms with Crippen LogP contribution in [0.1, 0.15) is 16.1 Å². The molecule has 0 aliphatic carbocycles. The van der Waals surface area contributed by atoms with E-state index in [0.717, 1.165) is 6.26 Å². The Balaban J connectivity index is 1.90. The van der Waals surface area contributed by atoms with E-state index in [-0.39, 0.29) is 32.7 Å². The normalized spacial score (nSPS) is 12.0. The topological polar surface area (TPSA) is 129 Å². The molecule has 8 nitrogen and oxygen atoms in total. The first-order valence-electron chi connectivity index (χ1n) is 10.2. The molecule has 180 valence electrons. The number of carbonyl (C=O) groups is 1. The molecule has 0 unspecified atom stereocenters. The van der Waals surface area contributed by atoms with Crippen LogP contribution in [0.25, 0.3) is 22.5 Å². The van der Waals surface area contributed by atoms with E-state index in [0.29, 0.717) is 28.8 Å². The zero-order chi connectivity index (χ0) is 25.4. The quantitative estimate of drug-likeness (QED) is 0.363. The van der Waals surface area contributed by atoms with Gasteiger partial charge in [-0.3, -0.25) is 4.79 Å². The number of benzene rings is 3. The zero-order valence-corrected chi connectivity index (χ0v) is 20.8. The third kappa shape index (κ3) is 5.06. The summed E-state index contributed by atoms with van der Waals surface area (Å²) in [6.45, 7) is -0.0163. The molecule has 0 fully saturated rings. The van der Waals surface area contributed by atoms with Gasteiger partial charge >= 0.3 is 0 Å². The first-order valence-corrected chi connectivity index (χ1v) is 14.0. The van der Waals surface area contributed by atoms with Crippen LogP contribution < -0.4 is 5.14 Å². The first-order chi connectivity index (χ1) is 16.5. The summed E-state index contributed by atoms with van der Waals surface area (Å²) in [7, 11) is -7.80. The Morgan fingerprint density at radius 1 is 0.914 bits per heavy atom. The minimum atomic E-state index is -4.05. The molecule has 2 N–H and O–H groups in total. The molecule has 0 spiro atoms. The van der Waals surface area contributed by atoms with Crippen molar-refractivity contribution in [3.8, 4) is 22.5 Å². The summed E-state index contributed by atoms with van der Waals surface area (Å²) < 4.78 is 51.2. The Morgan fingerprint density at radius 3 is 2.20 bits per heavy atom. The summed E-state index contributed by atoms with van der Waals surface area (Å²) in [5.41, 5.74) is 1.81. The van der Waals surface area contributed by atoms with Gasteiger partial charge in [0.25, 0.3) is 0 Å². The molecule has 0 aliphatic heterocycles. The summed E-state index contributed by atoms with van der Waals surface area (Å²) in [5, 5.41) is 5.35. The van der Waals surface area contributed by atoms with Crippen LogP contribution in [0.5, 0.6) is 0 Å². The average molecular weight is 530 g/mol. The Hall–Kier alpha value is -3.31. The molecular weight excluding hydrogens is 510 g/mol. The lowest BCUT2D eigenvalue weighted by molar-refractivity contribution is 0.111. The van der Waals surface area contributed by atoms with Crippen molar-refractivity contribution >= 4 is 37.7 Å². The Morgan fingerprint density at radius 2 is 1.57 bits per heavy atom. The Kier molecular flexibility index (Phi) is 6.65. The fraction of sp³-hybridized carbons (Fsp3) is 0.0833. The standard InChI is InChI=1S/C24H20ClN3O5S2/c1-34(30,31)22-13-17(19-9-5-6-10-21(19)35(26,32)33)11-12-18(22)14-28-20(15-29)23(25)27-24(28)16-7-3-2-4-8-16/h2-13,15H,14H2,1H3,(H2,26,32,33). The fourth-order valence-electron chi connectivity index (χ4n) is 3.84. The number of rotatable bonds is 7. The molecule has 4 rings (SSSR count). The fourth-order valence-corrected chi connectivity index (χ4v) is 5.77. The van der Waals surface area contributed by atoms with Gasteiger partial charge in [0.05, 0.1) is 16.3 Å². The lowest BCUT2D eigenvalue weighted by atomic mass is 10.0. The molecule has 0 amide bonds. The number of aromatic nitrogens is 2. The monoisotopic (exact) mass is 529 g/mol. The number of hydrogen-bond donors (Lipinski definition) is 1. The average Bonchev–Trinajstić information content (AvgIpc) is 3.13. The number of primary sulfonamides is 1. The third-order valence-corrected chi connectivity index (χ3v) is 7.83. The highest BCUT2D eigenvalue weighted by Gasteiger charge is 2.22. The van der Waals surface area contributed by atoms with E-state index in [1.807, 2.05) is 18.2 Å². The van der Waals surface area contributed by atoms with Crippen LogP contribution in [0.4, 0.5) is 0 Å². The van der Waals surface area contributed by atoms with Crippen LogP contribution in [0, 0.1) is 0 Å². The van der Waals surface area contributed by atoms with Crippen molar-refractivity contribution in [3.05, 3.63) is 89.2 Å². The summed E-state index contributed by atoms with van der Waals surface area (Å²) in [6, 6.07) is 19.7. The summed E-state index contributed by atoms with van der Waals surface area (Å²) in [5.74, 6) is 0.404. The SMILES string of the molecule is CS(=O)(=O)c1cc(-c2ccccc2S(N)(=O)=O)ccc1Cn1c(-c2ccccc2)nc(Cl)c1C=O. The molecule has 0 atom stereocenters. The van der Waals surface area contributed by atoms with Crippen molar-refractivity contribution in [2.45, 2.75) is 16.3 Å². The van der Waals surface area contributed by atoms with Gasteiger partial charge in [-0.25, -0.2) is 27.0 Å². The number of carbonyl (C=O) groups excluding carboxylic acids is 1. The van der Waals surface area contributed by atoms with Gasteiger partial charge in [-0.2, -0.15) is 0 Å². The molecule has 0 aliphatic rings. The van der Waals surface area contributed by atoms with Crippen LogP contribution in [0.15, 0.2) is 82.6 Å². The second kappa shape index (κ2) is 9.38. The van der Waals surface area contributed by atoms with Gasteiger partial charge < -0.3 is 4.57 Å². The summed E-state index contributed by atoms with van der Waals surface area (Å²) in [4.78, 5) is 16.0. The predicted molar refractivity (Wildman–Crippen MR) is 134 cm³/mol. The van der Waals surface area contributed by atoms with E-state index in [2.05, 4.69) is 4.98 Å². The molecule has 0 radical (unpaired) electrons. The number of imidazole rings is 1. The van der Waals surface area contributed by atoms with Gasteiger partial charge in [-0.1, -0.05) is 72.3 Å². The van der Waals surface area contributed by atoms with E-state index in [9.17, 15) is 21.6 Å². The number of sulfone groups is 1. The van der Waals surface area contributed by atoms with Crippen LogP contribution in [0.3, 0.4) is 0 Å². The highest BCUT2D eigenvalue weighted by molar-refractivity contribution is 7.90. The molecule has 1 aromatic heterocycles. The predicted octanol–water partition coefficient (Wildman–Crippen LogP) is 3.78. The van der Waals surface area contributed by atoms with Gasteiger partial charge in [0.2, 0.25) is 10.0 Å². The van der Waals surface area contributed by atoms with E-state index in [4.69, 9.17) is 16.7 Å². The lowest BCUT2D eigenvalue weighted by Gasteiger charge is -2.15. The van der Waals surface area contributed by atoms with Gasteiger partial charge in [0.1, 0.15) is 11.5 Å². The van der Waals surface area contributed by atoms with Gasteiger partial charge in [-0.15, -0.1) is 0 Å². The summed E-state index contributed by atoms with van der Waals surface area (Å²) >= 11 is 6.21. The van der Waals surface area contributed by atoms with Crippen molar-refractivity contribution < 1.29 is 21.6 Å². The molecular formula is C24H20ClN3O5S2. The van der Waals surface area contributed by atoms with Gasteiger partial charge in [0, 0.05) is 17.4 Å². The van der Waals surface area contributed by atoms with Crippen molar-refractivity contribution in [2.75, 3.05) is 6.26 Å². The number of aldehydes is 1. The number of nitrogens with zero attached hydrogens (tertiary/aromatic N) is 2. The number of nitrogens with two attached hydrogens (primary N) is 1. The maximum atomic E-state index is 12.8. The smallest absolute Gasteiger partial charge is 0.238 e. The van der Waals surface area contributed by atoms with Crippen molar-refractivity contribution in [1.82, 2.24) is 9.55 Å². The first kappa shape index (κ1) is 24.8. The Bertz CT molecular complexity index is 1650. The number of sulfonamides is 1. The van der Waals surface area contributed by atoms with Crippen LogP contribution in [-0.2, 0) is 26.4 Å². The minimum absolute atomic E-state index is 0.00143. The van der Waals surface area contributed by atoms with Crippen LogP contribution in [0.2, 0.25) is 5.15 Å². The number of hydrogen-bond acceptors (Lipinski definition) is 6. The van der Waals surface area contributed by atoms with Crippen molar-refractivity contribution in [2.24, 2.45) is 5.14 Å². The second-order valence-electron chi connectivity index (χ2n) is 7.82. The molecule has 3 aromatic carbocycles. The molecule has 0 bridgehead atoms. The van der Waals surface area contributed by atoms with Crippen molar-refractivity contribution in [1.29, 1.82) is 0 Å². The Labute approximate surface area is 208 Å². The lowest BCUT2D eigenvalue weighted by Crippen LogP contribution is -2.14. The van der Waals surface area contributed by atoms with Crippen molar-refractivity contribution in [3.63, 3.8) is 0 Å². The molecule has 1 heterocycles. The molecule has 0 saturated carbocycles. The minimum Gasteiger partial charge on any atom is -0.316 e. The summed E-state index contributed by atoms with van der Waals surface area (Å²) in [6.07, 6.45) is 1.62. The second-order valence-corrected chi connectivity index (χ2v) is 11.7.